The van der Waals surface area contributed by atoms with Crippen LogP contribution in [-0.4, -0.2) is 6.29 Å². The van der Waals surface area contributed by atoms with Gasteiger partial charge in [-0.2, -0.15) is 0 Å². The van der Waals surface area contributed by atoms with Gasteiger partial charge in [0.1, 0.15) is 6.29 Å². The largest absolute Gasteiger partial charge is 0.303 e. The van der Waals surface area contributed by atoms with Crippen LogP contribution < -0.4 is 0 Å². The van der Waals surface area contributed by atoms with Crippen molar-refractivity contribution in [2.45, 2.75) is 19.8 Å². The van der Waals surface area contributed by atoms with Gasteiger partial charge in [0.15, 0.2) is 0 Å². The molecular weight excluding hydrogens is 112 g/mol. The van der Waals surface area contributed by atoms with E-state index in [1.54, 1.807) is 6.08 Å². The van der Waals surface area contributed by atoms with Gasteiger partial charge in [-0.3, -0.25) is 0 Å². The standard InChI is InChI=1S/C8H12O/c1-3-8(4-2)6-5-7-9/h3-4,7H,1,5-6H2,2H3/b8-4+. The lowest BCUT2D eigenvalue weighted by molar-refractivity contribution is -0.107. The van der Waals surface area contributed by atoms with Crippen molar-refractivity contribution in [3.63, 3.8) is 0 Å². The van der Waals surface area contributed by atoms with Crippen LogP contribution in [0.3, 0.4) is 0 Å². The summed E-state index contributed by atoms with van der Waals surface area (Å²) in [4.78, 5) is 9.88. The molecule has 0 amide bonds. The average molecular weight is 124 g/mol. The minimum absolute atomic E-state index is 0.603. The highest BCUT2D eigenvalue weighted by molar-refractivity contribution is 5.50. The highest BCUT2D eigenvalue weighted by atomic mass is 16.1. The maximum Gasteiger partial charge on any atom is 0.120 e. The van der Waals surface area contributed by atoms with Crippen LogP contribution in [0.2, 0.25) is 0 Å². The van der Waals surface area contributed by atoms with Gasteiger partial charge in [-0.25, -0.2) is 0 Å². The Balaban J connectivity index is 3.57. The summed E-state index contributed by atoms with van der Waals surface area (Å²) < 4.78 is 0. The first-order chi connectivity index (χ1) is 4.35. The van der Waals surface area contributed by atoms with Crippen LogP contribution in [0.25, 0.3) is 0 Å². The second-order valence-corrected chi connectivity index (χ2v) is 1.77. The third-order valence-electron chi connectivity index (χ3n) is 1.18. The van der Waals surface area contributed by atoms with E-state index in [2.05, 4.69) is 6.58 Å². The molecule has 0 radical (unpaired) electrons. The van der Waals surface area contributed by atoms with E-state index in [0.29, 0.717) is 6.42 Å². The summed E-state index contributed by atoms with van der Waals surface area (Å²) in [6.07, 6.45) is 6.10. The number of hydrogen-bond donors (Lipinski definition) is 0. The Morgan fingerprint density at radius 1 is 1.67 bits per heavy atom. The van der Waals surface area contributed by atoms with E-state index in [0.717, 1.165) is 18.3 Å². The van der Waals surface area contributed by atoms with Crippen molar-refractivity contribution < 1.29 is 4.79 Å². The molecule has 9 heavy (non-hydrogen) atoms. The Morgan fingerprint density at radius 2 is 2.33 bits per heavy atom. The molecule has 0 bridgehead atoms. The molecule has 0 rings (SSSR count). The molecule has 0 aliphatic heterocycles. The van der Waals surface area contributed by atoms with Crippen LogP contribution in [0.5, 0.6) is 0 Å². The lowest BCUT2D eigenvalue weighted by Crippen LogP contribution is -1.78. The number of rotatable bonds is 4. The molecule has 50 valence electrons. The first-order valence-electron chi connectivity index (χ1n) is 3.06. The van der Waals surface area contributed by atoms with Crippen molar-refractivity contribution in [1.29, 1.82) is 0 Å². The van der Waals surface area contributed by atoms with Gasteiger partial charge in [-0.05, 0) is 13.3 Å². The van der Waals surface area contributed by atoms with Gasteiger partial charge in [-0.15, -0.1) is 0 Å². The number of aldehydes is 1. The molecule has 0 spiro atoms. The van der Waals surface area contributed by atoms with Crippen LogP contribution >= 0.6 is 0 Å². The molecule has 0 unspecified atom stereocenters. The second kappa shape index (κ2) is 5.29. The molecule has 0 aromatic carbocycles. The van der Waals surface area contributed by atoms with Crippen molar-refractivity contribution >= 4 is 6.29 Å². The molecule has 0 saturated carbocycles. The fraction of sp³-hybridized carbons (Fsp3) is 0.375. The van der Waals surface area contributed by atoms with Crippen LogP contribution in [0.1, 0.15) is 19.8 Å². The normalized spacial score (nSPS) is 11.0. The summed E-state index contributed by atoms with van der Waals surface area (Å²) in [6, 6.07) is 0. The Labute approximate surface area is 56.1 Å². The van der Waals surface area contributed by atoms with E-state index in [-0.39, 0.29) is 0 Å². The number of carbonyl (C=O) groups is 1. The SMILES string of the molecule is C=C/C(=C\C)CCC=O. The summed E-state index contributed by atoms with van der Waals surface area (Å²) in [5.41, 5.74) is 1.14. The zero-order chi connectivity index (χ0) is 7.11. The van der Waals surface area contributed by atoms with Gasteiger partial charge in [0.05, 0.1) is 0 Å². The molecule has 0 aliphatic carbocycles. The number of hydrogen-bond acceptors (Lipinski definition) is 1. The predicted molar refractivity (Wildman–Crippen MR) is 39.3 cm³/mol. The molecular formula is C8H12O. The molecule has 0 aromatic rings. The summed E-state index contributed by atoms with van der Waals surface area (Å²) >= 11 is 0. The van der Waals surface area contributed by atoms with Gasteiger partial charge in [-0.1, -0.05) is 24.3 Å². The van der Waals surface area contributed by atoms with Gasteiger partial charge < -0.3 is 4.79 Å². The smallest absolute Gasteiger partial charge is 0.120 e. The Morgan fingerprint density at radius 3 is 2.67 bits per heavy atom. The van der Waals surface area contributed by atoms with E-state index >= 15 is 0 Å². The van der Waals surface area contributed by atoms with Gasteiger partial charge in [0, 0.05) is 6.42 Å². The maximum absolute atomic E-state index is 9.88. The molecule has 1 nitrogen and oxygen atoms in total. The van der Waals surface area contributed by atoms with Crippen molar-refractivity contribution in [1.82, 2.24) is 0 Å². The minimum atomic E-state index is 0.603. The Kier molecular flexibility index (Phi) is 4.79. The van der Waals surface area contributed by atoms with Crippen molar-refractivity contribution in [3.05, 3.63) is 24.3 Å². The van der Waals surface area contributed by atoms with E-state index < -0.39 is 0 Å². The third-order valence-corrected chi connectivity index (χ3v) is 1.18. The molecule has 0 fully saturated rings. The molecule has 0 N–H and O–H groups in total. The predicted octanol–water partition coefficient (Wildman–Crippen LogP) is 2.10. The number of allylic oxidation sites excluding steroid dienone is 3. The molecule has 0 heterocycles. The van der Waals surface area contributed by atoms with Crippen molar-refractivity contribution in [3.8, 4) is 0 Å². The van der Waals surface area contributed by atoms with E-state index in [1.807, 2.05) is 13.0 Å². The highest BCUT2D eigenvalue weighted by Gasteiger charge is 1.86. The third kappa shape index (κ3) is 3.71. The molecule has 0 aromatic heterocycles. The van der Waals surface area contributed by atoms with E-state index in [1.165, 1.54) is 0 Å². The minimum Gasteiger partial charge on any atom is -0.303 e. The van der Waals surface area contributed by atoms with Crippen molar-refractivity contribution in [2.75, 3.05) is 0 Å². The van der Waals surface area contributed by atoms with E-state index in [9.17, 15) is 4.79 Å². The first-order valence-corrected chi connectivity index (χ1v) is 3.06. The monoisotopic (exact) mass is 124 g/mol. The number of carbonyl (C=O) groups excluding carboxylic acids is 1. The zero-order valence-corrected chi connectivity index (χ0v) is 5.76. The van der Waals surface area contributed by atoms with Crippen LogP contribution in [0.4, 0.5) is 0 Å². The lowest BCUT2D eigenvalue weighted by Gasteiger charge is -1.92. The molecule has 0 saturated heterocycles. The van der Waals surface area contributed by atoms with Crippen LogP contribution in [0.15, 0.2) is 24.3 Å². The van der Waals surface area contributed by atoms with Gasteiger partial charge in [0.2, 0.25) is 0 Å². The molecule has 0 aliphatic rings. The first kappa shape index (κ1) is 8.15. The summed E-state index contributed by atoms with van der Waals surface area (Å²) in [5, 5.41) is 0. The zero-order valence-electron chi connectivity index (χ0n) is 5.76. The Hall–Kier alpha value is -0.850. The van der Waals surface area contributed by atoms with Gasteiger partial charge in [0.25, 0.3) is 0 Å². The molecule has 1 heteroatoms. The Bertz CT molecular complexity index is 123. The van der Waals surface area contributed by atoms with Crippen molar-refractivity contribution in [2.24, 2.45) is 0 Å². The lowest BCUT2D eigenvalue weighted by atomic mass is 10.1. The van der Waals surface area contributed by atoms with Gasteiger partial charge >= 0.3 is 0 Å². The van der Waals surface area contributed by atoms with Crippen LogP contribution in [0, 0.1) is 0 Å². The molecule has 0 atom stereocenters. The average Bonchev–Trinajstić information content (AvgIpc) is 1.91. The van der Waals surface area contributed by atoms with E-state index in [4.69, 9.17) is 0 Å². The quantitative estimate of drug-likeness (QED) is 0.414. The fourth-order valence-corrected chi connectivity index (χ4v) is 0.590. The fourth-order valence-electron chi connectivity index (χ4n) is 0.590. The summed E-state index contributed by atoms with van der Waals surface area (Å²) in [7, 11) is 0. The topological polar surface area (TPSA) is 17.1 Å². The second-order valence-electron chi connectivity index (χ2n) is 1.77. The summed E-state index contributed by atoms with van der Waals surface area (Å²) in [5.74, 6) is 0. The highest BCUT2D eigenvalue weighted by Crippen LogP contribution is 2.02. The maximum atomic E-state index is 9.88. The summed E-state index contributed by atoms with van der Waals surface area (Å²) in [6.45, 7) is 5.55. The van der Waals surface area contributed by atoms with Crippen LogP contribution in [-0.2, 0) is 4.79 Å².